The standard InChI is InChI=1S/C51H33N5/c1-4-14-34(15-5-1)36-24-28-38(29-25-36)49-52-50(39-30-26-37(27-31-39)35-16-6-2-7-17-35)54-51(53-49)56-46-23-13-11-21-42(46)44-32-43-41-20-10-12-22-45(41)55(47(43)33-48(44)56)40-18-8-3-9-19-40/h1-33H. The van der Waals surface area contributed by atoms with Crippen LogP contribution < -0.4 is 0 Å². The molecular formula is C51H33N5. The summed E-state index contributed by atoms with van der Waals surface area (Å²) in [5, 5.41) is 4.71. The number of rotatable bonds is 6. The van der Waals surface area contributed by atoms with Gasteiger partial charge < -0.3 is 4.57 Å². The Morgan fingerprint density at radius 3 is 1.18 bits per heavy atom. The van der Waals surface area contributed by atoms with Crippen LogP contribution in [0.5, 0.6) is 0 Å². The van der Waals surface area contributed by atoms with Gasteiger partial charge in [-0.3, -0.25) is 4.57 Å². The highest BCUT2D eigenvalue weighted by molar-refractivity contribution is 6.19. The predicted molar refractivity (Wildman–Crippen MR) is 230 cm³/mol. The van der Waals surface area contributed by atoms with E-state index in [1.165, 1.54) is 27.4 Å². The van der Waals surface area contributed by atoms with Crippen LogP contribution in [0.15, 0.2) is 200 Å². The molecule has 0 radical (unpaired) electrons. The van der Waals surface area contributed by atoms with Crippen LogP contribution >= 0.6 is 0 Å². The van der Waals surface area contributed by atoms with Crippen molar-refractivity contribution < 1.29 is 0 Å². The van der Waals surface area contributed by atoms with Crippen molar-refractivity contribution in [1.82, 2.24) is 24.1 Å². The van der Waals surface area contributed by atoms with E-state index in [0.29, 0.717) is 17.6 Å². The normalized spacial score (nSPS) is 11.6. The van der Waals surface area contributed by atoms with Crippen molar-refractivity contribution in [2.75, 3.05) is 0 Å². The minimum Gasteiger partial charge on any atom is -0.309 e. The molecule has 56 heavy (non-hydrogen) atoms. The molecule has 0 fully saturated rings. The number of hydrogen-bond acceptors (Lipinski definition) is 3. The molecule has 0 saturated carbocycles. The van der Waals surface area contributed by atoms with Gasteiger partial charge in [-0.05, 0) is 58.7 Å². The molecule has 0 spiro atoms. The lowest BCUT2D eigenvalue weighted by atomic mass is 10.0. The van der Waals surface area contributed by atoms with Gasteiger partial charge in [0.25, 0.3) is 0 Å². The SMILES string of the molecule is c1ccc(-c2ccc(-c3nc(-c4ccc(-c5ccccc5)cc4)nc(-n4c5ccccc5c5cc6c7ccccc7n(-c7ccccc7)c6cc54)n3)cc2)cc1. The van der Waals surface area contributed by atoms with Gasteiger partial charge in [-0.1, -0.05) is 164 Å². The molecule has 0 saturated heterocycles. The van der Waals surface area contributed by atoms with E-state index in [2.05, 4.69) is 197 Å². The van der Waals surface area contributed by atoms with Crippen LogP contribution in [0.3, 0.4) is 0 Å². The lowest BCUT2D eigenvalue weighted by Crippen LogP contribution is -2.06. The number of nitrogens with zero attached hydrogens (tertiary/aromatic N) is 5. The van der Waals surface area contributed by atoms with Crippen molar-refractivity contribution in [3.8, 4) is 56.7 Å². The van der Waals surface area contributed by atoms with E-state index in [1.807, 2.05) is 12.1 Å². The third-order valence-corrected chi connectivity index (χ3v) is 10.8. The van der Waals surface area contributed by atoms with Crippen molar-refractivity contribution in [3.05, 3.63) is 200 Å². The number of benzene rings is 8. The summed E-state index contributed by atoms with van der Waals surface area (Å²) in [6.45, 7) is 0. The number of aromatic nitrogens is 5. The Labute approximate surface area is 323 Å². The van der Waals surface area contributed by atoms with Crippen LogP contribution in [0.25, 0.3) is 100 Å². The molecule has 11 rings (SSSR count). The molecule has 0 aliphatic heterocycles. The maximum atomic E-state index is 5.28. The summed E-state index contributed by atoms with van der Waals surface area (Å²) < 4.78 is 4.57. The van der Waals surface area contributed by atoms with Crippen molar-refractivity contribution >= 4 is 43.6 Å². The molecule has 0 unspecified atom stereocenters. The van der Waals surface area contributed by atoms with E-state index < -0.39 is 0 Å². The van der Waals surface area contributed by atoms with Crippen LogP contribution in [0.2, 0.25) is 0 Å². The molecule has 0 aliphatic carbocycles. The van der Waals surface area contributed by atoms with Gasteiger partial charge >= 0.3 is 0 Å². The smallest absolute Gasteiger partial charge is 0.238 e. The highest BCUT2D eigenvalue weighted by atomic mass is 15.2. The molecule has 0 atom stereocenters. The molecule has 11 aromatic rings. The van der Waals surface area contributed by atoms with Gasteiger partial charge in [0.1, 0.15) is 0 Å². The second-order valence-electron chi connectivity index (χ2n) is 14.1. The van der Waals surface area contributed by atoms with Crippen molar-refractivity contribution in [1.29, 1.82) is 0 Å². The summed E-state index contributed by atoms with van der Waals surface area (Å²) in [5.41, 5.74) is 11.9. The van der Waals surface area contributed by atoms with Gasteiger partial charge in [0.05, 0.1) is 22.1 Å². The van der Waals surface area contributed by atoms with Crippen molar-refractivity contribution in [2.24, 2.45) is 0 Å². The lowest BCUT2D eigenvalue weighted by Gasteiger charge is -2.12. The van der Waals surface area contributed by atoms with E-state index in [1.54, 1.807) is 0 Å². The van der Waals surface area contributed by atoms with E-state index in [4.69, 9.17) is 15.0 Å². The summed E-state index contributed by atoms with van der Waals surface area (Å²) >= 11 is 0. The first-order valence-corrected chi connectivity index (χ1v) is 18.9. The maximum absolute atomic E-state index is 5.28. The van der Waals surface area contributed by atoms with Crippen LogP contribution in [-0.2, 0) is 0 Å². The molecule has 0 bridgehead atoms. The van der Waals surface area contributed by atoms with E-state index in [0.717, 1.165) is 55.3 Å². The fourth-order valence-corrected chi connectivity index (χ4v) is 8.11. The summed E-state index contributed by atoms with van der Waals surface area (Å²) in [7, 11) is 0. The van der Waals surface area contributed by atoms with Crippen LogP contribution in [0.1, 0.15) is 0 Å². The van der Waals surface area contributed by atoms with Gasteiger partial charge in [0.2, 0.25) is 5.95 Å². The Bertz CT molecular complexity index is 3100. The molecule has 3 aromatic heterocycles. The fraction of sp³-hybridized carbons (Fsp3) is 0. The molecule has 262 valence electrons. The molecule has 0 amide bonds. The van der Waals surface area contributed by atoms with Crippen LogP contribution in [0.4, 0.5) is 0 Å². The van der Waals surface area contributed by atoms with Crippen LogP contribution in [-0.4, -0.2) is 24.1 Å². The second-order valence-corrected chi connectivity index (χ2v) is 14.1. The second kappa shape index (κ2) is 13.0. The summed E-state index contributed by atoms with van der Waals surface area (Å²) in [5.74, 6) is 1.79. The summed E-state index contributed by atoms with van der Waals surface area (Å²) in [6, 6.07) is 70.3. The van der Waals surface area contributed by atoms with E-state index >= 15 is 0 Å². The quantitative estimate of drug-likeness (QED) is 0.172. The zero-order chi connectivity index (χ0) is 37.0. The third kappa shape index (κ3) is 5.29. The minimum atomic E-state index is 0.567. The Balaban J connectivity index is 1.16. The molecule has 5 nitrogen and oxygen atoms in total. The number of para-hydroxylation sites is 3. The van der Waals surface area contributed by atoms with E-state index in [-0.39, 0.29) is 0 Å². The highest BCUT2D eigenvalue weighted by Gasteiger charge is 2.21. The first-order chi connectivity index (χ1) is 27.8. The van der Waals surface area contributed by atoms with Gasteiger partial charge in [0, 0.05) is 38.4 Å². The first kappa shape index (κ1) is 31.9. The lowest BCUT2D eigenvalue weighted by molar-refractivity contribution is 0.953. The minimum absolute atomic E-state index is 0.567. The third-order valence-electron chi connectivity index (χ3n) is 10.8. The zero-order valence-electron chi connectivity index (χ0n) is 30.3. The predicted octanol–water partition coefficient (Wildman–Crippen LogP) is 12.7. The Morgan fingerprint density at radius 2 is 0.661 bits per heavy atom. The molecule has 8 aromatic carbocycles. The molecular weight excluding hydrogens is 683 g/mol. The largest absolute Gasteiger partial charge is 0.309 e. The maximum Gasteiger partial charge on any atom is 0.238 e. The van der Waals surface area contributed by atoms with Crippen molar-refractivity contribution in [3.63, 3.8) is 0 Å². The van der Waals surface area contributed by atoms with Crippen LogP contribution in [0, 0.1) is 0 Å². The molecule has 0 N–H and O–H groups in total. The monoisotopic (exact) mass is 715 g/mol. The topological polar surface area (TPSA) is 48.5 Å². The first-order valence-electron chi connectivity index (χ1n) is 18.9. The fourth-order valence-electron chi connectivity index (χ4n) is 8.11. The number of hydrogen-bond donors (Lipinski definition) is 0. The van der Waals surface area contributed by atoms with Gasteiger partial charge in [-0.15, -0.1) is 0 Å². The summed E-state index contributed by atoms with van der Waals surface area (Å²) in [6.07, 6.45) is 0. The van der Waals surface area contributed by atoms with Gasteiger partial charge in [-0.25, -0.2) is 4.98 Å². The highest BCUT2D eigenvalue weighted by Crippen LogP contribution is 2.39. The Hall–Kier alpha value is -7.63. The van der Waals surface area contributed by atoms with Gasteiger partial charge in [0.15, 0.2) is 11.6 Å². The summed E-state index contributed by atoms with van der Waals surface area (Å²) in [4.78, 5) is 15.7. The molecule has 3 heterocycles. The zero-order valence-corrected chi connectivity index (χ0v) is 30.3. The average Bonchev–Trinajstić information content (AvgIpc) is 3.78. The molecule has 5 heteroatoms. The Kier molecular flexibility index (Phi) is 7.42. The van der Waals surface area contributed by atoms with E-state index in [9.17, 15) is 0 Å². The van der Waals surface area contributed by atoms with Gasteiger partial charge in [-0.2, -0.15) is 9.97 Å². The Morgan fingerprint density at radius 1 is 0.268 bits per heavy atom. The molecule has 0 aliphatic rings. The average molecular weight is 716 g/mol. The van der Waals surface area contributed by atoms with Crippen molar-refractivity contribution in [2.45, 2.75) is 0 Å². The number of fused-ring (bicyclic) bond motifs is 6.